The van der Waals surface area contributed by atoms with Crippen molar-refractivity contribution in [3.63, 3.8) is 0 Å². The van der Waals surface area contributed by atoms with Crippen molar-refractivity contribution >= 4 is 0 Å². The first-order valence-electron chi connectivity index (χ1n) is 6.67. The van der Waals surface area contributed by atoms with Gasteiger partial charge in [-0.3, -0.25) is 0 Å². The van der Waals surface area contributed by atoms with E-state index < -0.39 is 0 Å². The first-order chi connectivity index (χ1) is 8.93. The minimum Gasteiger partial charge on any atom is -0.336 e. The van der Waals surface area contributed by atoms with Gasteiger partial charge in [0, 0.05) is 7.05 Å². The van der Waals surface area contributed by atoms with Crippen LogP contribution in [0.25, 0.3) is 0 Å². The maximum absolute atomic E-state index is 4.20. The highest BCUT2D eigenvalue weighted by atomic mass is 15.1. The molecule has 1 heterocycles. The molecule has 19 heavy (non-hydrogen) atoms. The predicted octanol–water partition coefficient (Wildman–Crippen LogP) is 3.03. The monoisotopic (exact) mass is 257 g/mol. The van der Waals surface area contributed by atoms with Gasteiger partial charge in [0.15, 0.2) is 0 Å². The summed E-state index contributed by atoms with van der Waals surface area (Å²) in [4.78, 5) is 4.20. The van der Waals surface area contributed by atoms with Crippen LogP contribution in [-0.4, -0.2) is 16.6 Å². The summed E-state index contributed by atoms with van der Waals surface area (Å²) in [5, 5.41) is 3.36. The minimum absolute atomic E-state index is 0.182. The van der Waals surface area contributed by atoms with Gasteiger partial charge in [-0.15, -0.1) is 0 Å². The van der Waals surface area contributed by atoms with Crippen LogP contribution in [0.4, 0.5) is 0 Å². The number of aromatic nitrogens is 2. The number of benzene rings is 1. The van der Waals surface area contributed by atoms with Gasteiger partial charge in [-0.1, -0.05) is 45.0 Å². The molecule has 0 fully saturated rings. The highest BCUT2D eigenvalue weighted by Gasteiger charge is 2.17. The molecular formula is C16H23N3. The van der Waals surface area contributed by atoms with Gasteiger partial charge in [-0.05, 0) is 23.6 Å². The zero-order valence-corrected chi connectivity index (χ0v) is 12.4. The first-order valence-corrected chi connectivity index (χ1v) is 6.67. The van der Waals surface area contributed by atoms with Gasteiger partial charge in [-0.25, -0.2) is 4.98 Å². The summed E-state index contributed by atoms with van der Waals surface area (Å²) in [6, 6.07) is 9.02. The molecule has 3 heteroatoms. The van der Waals surface area contributed by atoms with Crippen LogP contribution in [0.5, 0.6) is 0 Å². The predicted molar refractivity (Wildman–Crippen MR) is 79.3 cm³/mol. The number of rotatable bonds is 3. The largest absolute Gasteiger partial charge is 0.336 e. The molecule has 0 amide bonds. The van der Waals surface area contributed by atoms with Crippen molar-refractivity contribution in [2.75, 3.05) is 7.05 Å². The van der Waals surface area contributed by atoms with E-state index in [1.54, 1.807) is 0 Å². The maximum atomic E-state index is 4.20. The Labute approximate surface area is 115 Å². The van der Waals surface area contributed by atoms with Crippen molar-refractivity contribution in [3.8, 4) is 0 Å². The van der Waals surface area contributed by atoms with Crippen molar-refractivity contribution in [1.82, 2.24) is 14.9 Å². The molecule has 102 valence electrons. The smallest absolute Gasteiger partial charge is 0.0946 e. The molecule has 2 aromatic rings. The second kappa shape index (κ2) is 5.17. The van der Waals surface area contributed by atoms with Crippen molar-refractivity contribution in [1.29, 1.82) is 0 Å². The molecule has 1 aromatic carbocycles. The molecule has 0 bridgehead atoms. The van der Waals surface area contributed by atoms with Crippen LogP contribution in [0.15, 0.2) is 36.8 Å². The van der Waals surface area contributed by atoms with E-state index in [9.17, 15) is 0 Å². The van der Waals surface area contributed by atoms with Crippen LogP contribution in [0, 0.1) is 0 Å². The van der Waals surface area contributed by atoms with Gasteiger partial charge in [0.25, 0.3) is 0 Å². The summed E-state index contributed by atoms with van der Waals surface area (Å²) < 4.78 is 2.05. The summed E-state index contributed by atoms with van der Waals surface area (Å²) in [6.07, 6.45) is 3.75. The Hall–Kier alpha value is -1.61. The highest BCUT2D eigenvalue weighted by Crippen LogP contribution is 2.26. The number of imidazole rings is 1. The van der Waals surface area contributed by atoms with Crippen LogP contribution in [0.2, 0.25) is 0 Å². The molecule has 2 rings (SSSR count). The molecule has 0 radical (unpaired) electrons. The molecule has 1 aromatic heterocycles. The molecule has 0 aliphatic carbocycles. The van der Waals surface area contributed by atoms with E-state index in [1.807, 2.05) is 26.6 Å². The third kappa shape index (κ3) is 2.87. The Bertz CT molecular complexity index is 532. The van der Waals surface area contributed by atoms with E-state index in [2.05, 4.69) is 59.9 Å². The van der Waals surface area contributed by atoms with E-state index >= 15 is 0 Å². The van der Waals surface area contributed by atoms with Gasteiger partial charge in [0.05, 0.1) is 24.3 Å². The fourth-order valence-electron chi connectivity index (χ4n) is 2.31. The van der Waals surface area contributed by atoms with Crippen LogP contribution in [-0.2, 0) is 12.5 Å². The third-order valence-electron chi connectivity index (χ3n) is 3.55. The number of nitrogens with zero attached hydrogens (tertiary/aromatic N) is 2. The van der Waals surface area contributed by atoms with Gasteiger partial charge < -0.3 is 9.88 Å². The van der Waals surface area contributed by atoms with Crippen molar-refractivity contribution < 1.29 is 0 Å². The number of hydrogen-bond donors (Lipinski definition) is 1. The summed E-state index contributed by atoms with van der Waals surface area (Å²) in [5.74, 6) is 0. The summed E-state index contributed by atoms with van der Waals surface area (Å²) in [7, 11) is 4.01. The molecule has 0 spiro atoms. The quantitative estimate of drug-likeness (QED) is 0.916. The molecule has 0 saturated heterocycles. The molecule has 1 unspecified atom stereocenters. The van der Waals surface area contributed by atoms with E-state index in [1.165, 1.54) is 16.8 Å². The first kappa shape index (κ1) is 13.8. The molecule has 0 saturated carbocycles. The second-order valence-electron chi connectivity index (χ2n) is 6.02. The standard InChI is InChI=1S/C16H23N3/c1-16(2,3)13-8-6-12(7-9-13)15(17-4)14-10-18-11-19(14)5/h6-11,15,17H,1-5H3. The van der Waals surface area contributed by atoms with E-state index in [-0.39, 0.29) is 11.5 Å². The van der Waals surface area contributed by atoms with Gasteiger partial charge in [0.2, 0.25) is 0 Å². The molecule has 0 aliphatic rings. The molecule has 1 N–H and O–H groups in total. The number of aryl methyl sites for hydroxylation is 1. The lowest BCUT2D eigenvalue weighted by Gasteiger charge is -2.21. The van der Waals surface area contributed by atoms with Gasteiger partial charge in [-0.2, -0.15) is 0 Å². The summed E-state index contributed by atoms with van der Waals surface area (Å²) >= 11 is 0. The Morgan fingerprint density at radius 3 is 2.21 bits per heavy atom. The lowest BCUT2D eigenvalue weighted by Crippen LogP contribution is -2.20. The van der Waals surface area contributed by atoms with Gasteiger partial charge in [0.1, 0.15) is 0 Å². The third-order valence-corrected chi connectivity index (χ3v) is 3.55. The topological polar surface area (TPSA) is 29.9 Å². The summed E-state index contributed by atoms with van der Waals surface area (Å²) in [6.45, 7) is 6.70. The van der Waals surface area contributed by atoms with Crippen LogP contribution >= 0.6 is 0 Å². The zero-order valence-electron chi connectivity index (χ0n) is 12.4. The molecule has 1 atom stereocenters. The van der Waals surface area contributed by atoms with Crippen molar-refractivity contribution in [2.24, 2.45) is 7.05 Å². The second-order valence-corrected chi connectivity index (χ2v) is 6.02. The maximum Gasteiger partial charge on any atom is 0.0946 e. The van der Waals surface area contributed by atoms with Crippen molar-refractivity contribution in [2.45, 2.75) is 32.2 Å². The SMILES string of the molecule is CNC(c1ccc(C(C)(C)C)cc1)c1cncn1C. The van der Waals surface area contributed by atoms with Gasteiger partial charge >= 0.3 is 0 Å². The summed E-state index contributed by atoms with van der Waals surface area (Å²) in [5.41, 5.74) is 3.99. The van der Waals surface area contributed by atoms with E-state index in [0.29, 0.717) is 0 Å². The average molecular weight is 257 g/mol. The van der Waals surface area contributed by atoms with Crippen LogP contribution < -0.4 is 5.32 Å². The minimum atomic E-state index is 0.182. The Kier molecular flexibility index (Phi) is 3.76. The Balaban J connectivity index is 2.33. The van der Waals surface area contributed by atoms with Crippen molar-refractivity contribution in [3.05, 3.63) is 53.6 Å². The van der Waals surface area contributed by atoms with E-state index in [4.69, 9.17) is 0 Å². The molecular weight excluding hydrogens is 234 g/mol. The lowest BCUT2D eigenvalue weighted by molar-refractivity contribution is 0.588. The van der Waals surface area contributed by atoms with Crippen LogP contribution in [0.3, 0.4) is 0 Å². The average Bonchev–Trinajstić information content (AvgIpc) is 2.76. The Morgan fingerprint density at radius 1 is 1.16 bits per heavy atom. The molecule has 0 aliphatic heterocycles. The number of hydrogen-bond acceptors (Lipinski definition) is 2. The Morgan fingerprint density at radius 2 is 1.79 bits per heavy atom. The fourth-order valence-corrected chi connectivity index (χ4v) is 2.31. The van der Waals surface area contributed by atoms with E-state index in [0.717, 1.165) is 0 Å². The van der Waals surface area contributed by atoms with Crippen LogP contribution in [0.1, 0.15) is 43.6 Å². The lowest BCUT2D eigenvalue weighted by atomic mass is 9.86. The number of nitrogens with one attached hydrogen (secondary N) is 1. The zero-order chi connectivity index (χ0) is 14.0. The fraction of sp³-hybridized carbons (Fsp3) is 0.438. The normalized spacial score (nSPS) is 13.5. The molecule has 3 nitrogen and oxygen atoms in total. The highest BCUT2D eigenvalue weighted by molar-refractivity contribution is 5.32.